The molecule has 31 heavy (non-hydrogen) atoms. The third-order valence-corrected chi connectivity index (χ3v) is 7.23. The zero-order valence-electron chi connectivity index (χ0n) is 18.1. The molecule has 0 spiro atoms. The van der Waals surface area contributed by atoms with Gasteiger partial charge in [0.25, 0.3) is 0 Å². The predicted molar refractivity (Wildman–Crippen MR) is 123 cm³/mol. The number of benzene rings is 1. The van der Waals surface area contributed by atoms with Gasteiger partial charge in [-0.1, -0.05) is 49.3 Å². The van der Waals surface area contributed by atoms with Crippen molar-refractivity contribution in [1.82, 2.24) is 10.2 Å². The first kappa shape index (κ1) is 24.9. The minimum absolute atomic E-state index is 0.0432. The molecule has 2 rings (SSSR count). The molecule has 1 aliphatic rings. The van der Waals surface area contributed by atoms with Crippen molar-refractivity contribution in [2.45, 2.75) is 39.2 Å². The molecule has 0 saturated carbocycles. The second-order valence-electron chi connectivity index (χ2n) is 8.08. The Labute approximate surface area is 184 Å². The number of unbranched alkanes of at least 4 members (excludes halogenated alkanes) is 1. The summed E-state index contributed by atoms with van der Waals surface area (Å²) in [5.74, 6) is -2.18. The summed E-state index contributed by atoms with van der Waals surface area (Å²) in [6.07, 6.45) is 4.53. The van der Waals surface area contributed by atoms with Crippen LogP contribution in [-0.2, 0) is 27.6 Å². The number of sulfone groups is 1. The Kier molecular flexibility index (Phi) is 9.51. The molecule has 0 amide bonds. The molecule has 1 unspecified atom stereocenters. The maximum atomic E-state index is 12.1. The quantitative estimate of drug-likeness (QED) is 0.156. The molecule has 1 aromatic carbocycles. The Bertz CT molecular complexity index is 881. The van der Waals surface area contributed by atoms with E-state index in [0.717, 1.165) is 30.5 Å². The van der Waals surface area contributed by atoms with Crippen molar-refractivity contribution in [3.8, 4) is 0 Å². The van der Waals surface area contributed by atoms with Crippen LogP contribution >= 0.6 is 0 Å². The van der Waals surface area contributed by atoms with E-state index in [1.54, 1.807) is 0 Å². The van der Waals surface area contributed by atoms with Crippen LogP contribution in [0.2, 0.25) is 0 Å². The van der Waals surface area contributed by atoms with E-state index in [0.29, 0.717) is 26.1 Å². The molecule has 1 atom stereocenters. The first-order valence-electron chi connectivity index (χ1n) is 10.7. The first-order chi connectivity index (χ1) is 14.7. The van der Waals surface area contributed by atoms with Crippen LogP contribution in [0.1, 0.15) is 37.3 Å². The van der Waals surface area contributed by atoms with Gasteiger partial charge in [0, 0.05) is 19.6 Å². The lowest BCUT2D eigenvalue weighted by molar-refractivity contribution is -0.140. The molecule has 8 nitrogen and oxygen atoms in total. The van der Waals surface area contributed by atoms with Crippen LogP contribution in [0.25, 0.3) is 0 Å². The SMILES string of the molecule is CCCCS(=O)(=O)CC(Cc1ccc(CNCCC2=CCN(C(=N)N)C2)cc1)C(=O)O. The van der Waals surface area contributed by atoms with Gasteiger partial charge >= 0.3 is 5.97 Å². The van der Waals surface area contributed by atoms with E-state index in [4.69, 9.17) is 11.1 Å². The number of nitrogens with two attached hydrogens (primary N) is 1. The van der Waals surface area contributed by atoms with E-state index in [-0.39, 0.29) is 23.9 Å². The molecule has 5 N–H and O–H groups in total. The van der Waals surface area contributed by atoms with Crippen LogP contribution in [0.4, 0.5) is 0 Å². The van der Waals surface area contributed by atoms with Crippen LogP contribution in [0, 0.1) is 11.3 Å². The lowest BCUT2D eigenvalue weighted by atomic mass is 10.00. The summed E-state index contributed by atoms with van der Waals surface area (Å²) in [4.78, 5) is 13.4. The monoisotopic (exact) mass is 450 g/mol. The van der Waals surface area contributed by atoms with Gasteiger partial charge in [-0.05, 0) is 36.9 Å². The van der Waals surface area contributed by atoms with Gasteiger partial charge in [-0.2, -0.15) is 0 Å². The minimum atomic E-state index is -3.36. The van der Waals surface area contributed by atoms with Crippen LogP contribution in [0.15, 0.2) is 35.9 Å². The molecular weight excluding hydrogens is 416 g/mol. The van der Waals surface area contributed by atoms with Gasteiger partial charge in [-0.15, -0.1) is 0 Å². The number of nitrogens with one attached hydrogen (secondary N) is 2. The number of hydrogen-bond acceptors (Lipinski definition) is 5. The molecule has 0 fully saturated rings. The topological polar surface area (TPSA) is 137 Å². The van der Waals surface area contributed by atoms with Gasteiger partial charge in [-0.25, -0.2) is 8.42 Å². The minimum Gasteiger partial charge on any atom is -0.481 e. The highest BCUT2D eigenvalue weighted by Crippen LogP contribution is 2.15. The third kappa shape index (κ3) is 8.70. The summed E-state index contributed by atoms with van der Waals surface area (Å²) in [5, 5.41) is 20.3. The Morgan fingerprint density at radius 3 is 2.55 bits per heavy atom. The van der Waals surface area contributed by atoms with Gasteiger partial charge < -0.3 is 21.1 Å². The normalized spacial score (nSPS) is 15.0. The van der Waals surface area contributed by atoms with E-state index in [1.165, 1.54) is 5.57 Å². The van der Waals surface area contributed by atoms with Crippen molar-refractivity contribution in [1.29, 1.82) is 5.41 Å². The van der Waals surface area contributed by atoms with Gasteiger partial charge in [0.2, 0.25) is 0 Å². The largest absolute Gasteiger partial charge is 0.481 e. The molecular formula is C22H34N4O4S. The van der Waals surface area contributed by atoms with Crippen molar-refractivity contribution in [2.24, 2.45) is 11.7 Å². The average molecular weight is 451 g/mol. The Hall–Kier alpha value is -2.39. The van der Waals surface area contributed by atoms with Crippen LogP contribution in [-0.4, -0.2) is 61.5 Å². The highest BCUT2D eigenvalue weighted by molar-refractivity contribution is 7.91. The van der Waals surface area contributed by atoms with E-state index < -0.39 is 21.7 Å². The van der Waals surface area contributed by atoms with Crippen molar-refractivity contribution in [3.63, 3.8) is 0 Å². The van der Waals surface area contributed by atoms with Crippen LogP contribution in [0.3, 0.4) is 0 Å². The summed E-state index contributed by atoms with van der Waals surface area (Å²) in [6, 6.07) is 7.63. The van der Waals surface area contributed by atoms with Crippen molar-refractivity contribution in [3.05, 3.63) is 47.0 Å². The molecule has 1 aliphatic heterocycles. The summed E-state index contributed by atoms with van der Waals surface area (Å²) in [7, 11) is -3.36. The van der Waals surface area contributed by atoms with Crippen molar-refractivity contribution < 1.29 is 18.3 Å². The Morgan fingerprint density at radius 2 is 1.97 bits per heavy atom. The summed E-state index contributed by atoms with van der Waals surface area (Å²) in [6.45, 7) is 4.83. The van der Waals surface area contributed by atoms with E-state index in [9.17, 15) is 18.3 Å². The summed E-state index contributed by atoms with van der Waals surface area (Å²) < 4.78 is 24.3. The molecule has 0 aliphatic carbocycles. The Morgan fingerprint density at radius 1 is 1.29 bits per heavy atom. The number of carbonyl (C=O) groups is 1. The number of rotatable bonds is 13. The smallest absolute Gasteiger partial charge is 0.307 e. The maximum Gasteiger partial charge on any atom is 0.307 e. The number of aliphatic carboxylic acids is 1. The summed E-state index contributed by atoms with van der Waals surface area (Å²) >= 11 is 0. The maximum absolute atomic E-state index is 12.1. The van der Waals surface area contributed by atoms with E-state index >= 15 is 0 Å². The standard InChI is InChI=1S/C22H34N4O4S/c1-2-3-12-31(29,30)16-20(21(27)28)13-17-4-6-18(7-5-17)14-25-10-8-19-9-11-26(15-19)22(23)24/h4-7,9,20,25H,2-3,8,10-16H2,1H3,(H3,23,24)(H,27,28). The zero-order chi connectivity index (χ0) is 22.9. The van der Waals surface area contributed by atoms with Crippen LogP contribution in [0.5, 0.6) is 0 Å². The van der Waals surface area contributed by atoms with E-state index in [2.05, 4.69) is 11.4 Å². The van der Waals surface area contributed by atoms with Gasteiger partial charge in [0.05, 0.1) is 17.4 Å². The average Bonchev–Trinajstić information content (AvgIpc) is 3.19. The number of hydrogen-bond donors (Lipinski definition) is 4. The van der Waals surface area contributed by atoms with Crippen molar-refractivity contribution >= 4 is 21.8 Å². The van der Waals surface area contributed by atoms with E-state index in [1.807, 2.05) is 36.1 Å². The fourth-order valence-electron chi connectivity index (χ4n) is 3.51. The molecule has 1 aromatic rings. The third-order valence-electron chi connectivity index (χ3n) is 5.41. The molecule has 9 heteroatoms. The predicted octanol–water partition coefficient (Wildman–Crippen LogP) is 1.76. The fourth-order valence-corrected chi connectivity index (χ4v) is 5.28. The van der Waals surface area contributed by atoms with Crippen LogP contribution < -0.4 is 11.1 Å². The van der Waals surface area contributed by atoms with Gasteiger partial charge in [0.1, 0.15) is 0 Å². The highest BCUT2D eigenvalue weighted by atomic mass is 32.2. The van der Waals surface area contributed by atoms with Gasteiger partial charge in [0.15, 0.2) is 15.8 Å². The van der Waals surface area contributed by atoms with Crippen molar-refractivity contribution in [2.75, 3.05) is 31.1 Å². The lowest BCUT2D eigenvalue weighted by Crippen LogP contribution is -2.34. The molecule has 0 aromatic heterocycles. The zero-order valence-corrected chi connectivity index (χ0v) is 19.0. The first-order valence-corrected chi connectivity index (χ1v) is 12.5. The molecule has 172 valence electrons. The number of carboxylic acids is 1. The molecule has 0 saturated heterocycles. The highest BCUT2D eigenvalue weighted by Gasteiger charge is 2.25. The Balaban J connectivity index is 1.78. The second-order valence-corrected chi connectivity index (χ2v) is 10.3. The second kappa shape index (κ2) is 11.9. The number of guanidine groups is 1. The number of carboxylic acid groups (broad SMARTS) is 1. The van der Waals surface area contributed by atoms with Gasteiger partial charge in [-0.3, -0.25) is 10.2 Å². The molecule has 1 heterocycles. The lowest BCUT2D eigenvalue weighted by Gasteiger charge is -2.15. The summed E-state index contributed by atoms with van der Waals surface area (Å²) in [5.41, 5.74) is 8.67. The number of nitrogens with zero attached hydrogens (tertiary/aromatic N) is 1. The fraction of sp³-hybridized carbons (Fsp3) is 0.545. The molecule has 0 bridgehead atoms. The molecule has 0 radical (unpaired) electrons.